The van der Waals surface area contributed by atoms with E-state index >= 15 is 0 Å². The molecule has 0 saturated heterocycles. The molecule has 1 unspecified atom stereocenters. The molecule has 1 atom stereocenters. The van der Waals surface area contributed by atoms with E-state index in [0.29, 0.717) is 5.41 Å². The van der Waals surface area contributed by atoms with Gasteiger partial charge in [-0.3, -0.25) is 4.68 Å². The molecule has 2 rings (SSSR count). The highest BCUT2D eigenvalue weighted by Gasteiger charge is 2.28. The molecule has 1 fully saturated rings. The number of nitrogens with one attached hydrogen (secondary N) is 1. The summed E-state index contributed by atoms with van der Waals surface area (Å²) in [5, 5.41) is 7.95. The van der Waals surface area contributed by atoms with Crippen LogP contribution in [0.2, 0.25) is 0 Å². The molecule has 18 heavy (non-hydrogen) atoms. The van der Waals surface area contributed by atoms with Gasteiger partial charge in [-0.15, -0.1) is 0 Å². The number of aryl methyl sites for hydroxylation is 2. The van der Waals surface area contributed by atoms with Gasteiger partial charge in [-0.1, -0.05) is 20.3 Å². The van der Waals surface area contributed by atoms with Gasteiger partial charge in [-0.25, -0.2) is 0 Å². The lowest BCUT2D eigenvalue weighted by atomic mass is 9.80. The van der Waals surface area contributed by atoms with E-state index in [-0.39, 0.29) is 0 Å². The zero-order valence-corrected chi connectivity index (χ0v) is 12.1. The first-order valence-corrected chi connectivity index (χ1v) is 7.33. The molecule has 102 valence electrons. The monoisotopic (exact) mass is 249 g/mol. The molecule has 0 amide bonds. The Hall–Kier alpha value is -0.830. The van der Waals surface area contributed by atoms with E-state index in [0.717, 1.165) is 12.5 Å². The largest absolute Gasteiger partial charge is 0.313 e. The Kier molecular flexibility index (Phi) is 4.44. The third-order valence-electron chi connectivity index (χ3n) is 4.16. The summed E-state index contributed by atoms with van der Waals surface area (Å²) in [4.78, 5) is 0. The molecule has 1 heterocycles. The van der Waals surface area contributed by atoms with Crippen LogP contribution in [0, 0.1) is 5.41 Å². The van der Waals surface area contributed by atoms with Crippen LogP contribution in [0.15, 0.2) is 12.3 Å². The predicted octanol–water partition coefficient (Wildman–Crippen LogP) is 2.91. The van der Waals surface area contributed by atoms with Gasteiger partial charge in [-0.2, -0.15) is 5.10 Å². The number of aromatic nitrogens is 2. The summed E-state index contributed by atoms with van der Waals surface area (Å²) in [5.74, 6) is 0. The van der Waals surface area contributed by atoms with Crippen molar-refractivity contribution in [3.05, 3.63) is 18.0 Å². The molecule has 0 aromatic carbocycles. The van der Waals surface area contributed by atoms with Gasteiger partial charge < -0.3 is 5.32 Å². The molecule has 3 nitrogen and oxygen atoms in total. The SMILES string of the molecule is CCCC(C)(CCc1ccnn1C)CNC1CC1. The van der Waals surface area contributed by atoms with Crippen molar-refractivity contribution in [2.45, 2.75) is 58.4 Å². The second-order valence-electron chi connectivity index (χ2n) is 6.16. The van der Waals surface area contributed by atoms with E-state index in [1.54, 1.807) is 0 Å². The van der Waals surface area contributed by atoms with E-state index in [9.17, 15) is 0 Å². The molecule has 0 bridgehead atoms. The summed E-state index contributed by atoms with van der Waals surface area (Å²) >= 11 is 0. The molecule has 1 saturated carbocycles. The van der Waals surface area contributed by atoms with Crippen molar-refractivity contribution in [1.29, 1.82) is 0 Å². The molecule has 1 aromatic rings. The lowest BCUT2D eigenvalue weighted by molar-refractivity contribution is 0.253. The first kappa shape index (κ1) is 13.6. The third kappa shape index (κ3) is 3.84. The Morgan fingerprint density at radius 3 is 2.78 bits per heavy atom. The maximum Gasteiger partial charge on any atom is 0.0492 e. The van der Waals surface area contributed by atoms with Crippen LogP contribution in [-0.4, -0.2) is 22.4 Å². The third-order valence-corrected chi connectivity index (χ3v) is 4.16. The lowest BCUT2D eigenvalue weighted by Crippen LogP contribution is -2.33. The fourth-order valence-electron chi connectivity index (χ4n) is 2.66. The van der Waals surface area contributed by atoms with Crippen LogP contribution in [0.5, 0.6) is 0 Å². The van der Waals surface area contributed by atoms with Crippen LogP contribution < -0.4 is 5.32 Å². The topological polar surface area (TPSA) is 29.9 Å². The summed E-state index contributed by atoms with van der Waals surface area (Å²) < 4.78 is 2.00. The van der Waals surface area contributed by atoms with Gasteiger partial charge in [0, 0.05) is 31.5 Å². The van der Waals surface area contributed by atoms with Gasteiger partial charge in [0.15, 0.2) is 0 Å². The van der Waals surface area contributed by atoms with E-state index < -0.39 is 0 Å². The summed E-state index contributed by atoms with van der Waals surface area (Å²) in [5.41, 5.74) is 1.78. The van der Waals surface area contributed by atoms with Gasteiger partial charge in [-0.05, 0) is 43.6 Å². The first-order chi connectivity index (χ1) is 8.63. The second kappa shape index (κ2) is 5.87. The van der Waals surface area contributed by atoms with E-state index in [2.05, 4.69) is 30.3 Å². The summed E-state index contributed by atoms with van der Waals surface area (Å²) in [6, 6.07) is 2.96. The molecule has 3 heteroatoms. The van der Waals surface area contributed by atoms with Gasteiger partial charge >= 0.3 is 0 Å². The molecule has 1 aliphatic rings. The highest BCUT2D eigenvalue weighted by molar-refractivity contribution is 5.01. The fourth-order valence-corrected chi connectivity index (χ4v) is 2.66. The van der Waals surface area contributed by atoms with Gasteiger partial charge in [0.2, 0.25) is 0 Å². The van der Waals surface area contributed by atoms with Crippen molar-refractivity contribution in [3.8, 4) is 0 Å². The molecule has 1 aliphatic carbocycles. The van der Waals surface area contributed by atoms with Crippen molar-refractivity contribution in [1.82, 2.24) is 15.1 Å². The second-order valence-corrected chi connectivity index (χ2v) is 6.16. The van der Waals surface area contributed by atoms with Crippen LogP contribution in [0.1, 0.15) is 51.6 Å². The number of hydrogen-bond acceptors (Lipinski definition) is 2. The fraction of sp³-hybridized carbons (Fsp3) is 0.800. The zero-order valence-electron chi connectivity index (χ0n) is 12.1. The quantitative estimate of drug-likeness (QED) is 0.767. The average molecular weight is 249 g/mol. The van der Waals surface area contributed by atoms with E-state index in [1.165, 1.54) is 44.3 Å². The number of rotatable bonds is 8. The van der Waals surface area contributed by atoms with Crippen LogP contribution in [-0.2, 0) is 13.5 Å². The molecule has 0 aliphatic heterocycles. The average Bonchev–Trinajstić information content (AvgIpc) is 3.08. The molecule has 0 radical (unpaired) electrons. The van der Waals surface area contributed by atoms with Gasteiger partial charge in [0.25, 0.3) is 0 Å². The molecular formula is C15H27N3. The maximum atomic E-state index is 4.25. The zero-order chi connectivity index (χ0) is 13.0. The normalized spacial score (nSPS) is 18.8. The van der Waals surface area contributed by atoms with Crippen molar-refractivity contribution in [2.75, 3.05) is 6.54 Å². The maximum absolute atomic E-state index is 4.25. The smallest absolute Gasteiger partial charge is 0.0492 e. The van der Waals surface area contributed by atoms with Crippen molar-refractivity contribution < 1.29 is 0 Å². The minimum absolute atomic E-state index is 0.432. The van der Waals surface area contributed by atoms with Crippen LogP contribution in [0.4, 0.5) is 0 Å². The van der Waals surface area contributed by atoms with Crippen molar-refractivity contribution >= 4 is 0 Å². The standard InChI is InChI=1S/C15H27N3/c1-4-9-15(2,12-16-13-5-6-13)10-7-14-8-11-17-18(14)3/h8,11,13,16H,4-7,9-10,12H2,1-3H3. The predicted molar refractivity (Wildman–Crippen MR) is 75.6 cm³/mol. The van der Waals surface area contributed by atoms with Crippen LogP contribution >= 0.6 is 0 Å². The minimum Gasteiger partial charge on any atom is -0.313 e. The summed E-state index contributed by atoms with van der Waals surface area (Å²) in [6.45, 7) is 5.89. The molecule has 0 spiro atoms. The Labute approximate surface area is 111 Å². The molecule has 1 aromatic heterocycles. The first-order valence-electron chi connectivity index (χ1n) is 7.33. The van der Waals surface area contributed by atoms with Gasteiger partial charge in [0.05, 0.1) is 0 Å². The summed E-state index contributed by atoms with van der Waals surface area (Å²) in [7, 11) is 2.04. The highest BCUT2D eigenvalue weighted by atomic mass is 15.2. The summed E-state index contributed by atoms with van der Waals surface area (Å²) in [6.07, 6.45) is 9.63. The Balaban J connectivity index is 1.85. The molecule has 1 N–H and O–H groups in total. The number of nitrogens with zero attached hydrogens (tertiary/aromatic N) is 2. The van der Waals surface area contributed by atoms with Crippen molar-refractivity contribution in [2.24, 2.45) is 12.5 Å². The highest BCUT2D eigenvalue weighted by Crippen LogP contribution is 2.30. The Morgan fingerprint density at radius 2 is 2.22 bits per heavy atom. The molecular weight excluding hydrogens is 222 g/mol. The van der Waals surface area contributed by atoms with Gasteiger partial charge in [0.1, 0.15) is 0 Å². The van der Waals surface area contributed by atoms with E-state index in [1.807, 2.05) is 17.9 Å². The van der Waals surface area contributed by atoms with E-state index in [4.69, 9.17) is 0 Å². The Bertz CT molecular complexity index is 368. The van der Waals surface area contributed by atoms with Crippen molar-refractivity contribution in [3.63, 3.8) is 0 Å². The Morgan fingerprint density at radius 1 is 1.44 bits per heavy atom. The number of hydrogen-bond donors (Lipinski definition) is 1. The lowest BCUT2D eigenvalue weighted by Gasteiger charge is -2.30. The van der Waals surface area contributed by atoms with Crippen LogP contribution in [0.25, 0.3) is 0 Å². The minimum atomic E-state index is 0.432. The van der Waals surface area contributed by atoms with Crippen LogP contribution in [0.3, 0.4) is 0 Å².